The van der Waals surface area contributed by atoms with E-state index in [9.17, 15) is 13.2 Å². The van der Waals surface area contributed by atoms with E-state index in [1.165, 1.54) is 6.07 Å². The van der Waals surface area contributed by atoms with Crippen LogP contribution in [0.15, 0.2) is 63.9 Å². The fourth-order valence-corrected chi connectivity index (χ4v) is 5.18. The third-order valence-electron chi connectivity index (χ3n) is 5.60. The summed E-state index contributed by atoms with van der Waals surface area (Å²) in [6.45, 7) is 4.37. The van der Waals surface area contributed by atoms with Crippen molar-refractivity contribution >= 4 is 21.9 Å². The standard InChI is InChI=1S/C21H24N4O3S/c1-14(2)24-12-18-20(15-7-4-3-5-8-15)16-9-6-10-17(11-16)29(27,28)23-21(22)25(18)13-19(24)26/h3-11,14,18,20H,12-13H2,1-2H3,(H2,22,23)/t18-,20?/m1/s1. The van der Waals surface area contributed by atoms with Gasteiger partial charge < -0.3 is 15.5 Å². The lowest BCUT2D eigenvalue weighted by Crippen LogP contribution is -2.62. The molecule has 8 heteroatoms. The van der Waals surface area contributed by atoms with Crippen LogP contribution in [0.4, 0.5) is 0 Å². The van der Waals surface area contributed by atoms with Crippen LogP contribution in [0.1, 0.15) is 30.9 Å². The van der Waals surface area contributed by atoms with Crippen molar-refractivity contribution in [1.29, 1.82) is 0 Å². The van der Waals surface area contributed by atoms with Gasteiger partial charge in [-0.15, -0.1) is 4.40 Å². The molecule has 1 amide bonds. The minimum absolute atomic E-state index is 0.00687. The molecule has 2 aliphatic rings. The van der Waals surface area contributed by atoms with Crippen LogP contribution in [-0.4, -0.2) is 55.3 Å². The minimum atomic E-state index is -3.96. The van der Waals surface area contributed by atoms with E-state index in [2.05, 4.69) is 4.40 Å². The van der Waals surface area contributed by atoms with E-state index in [0.717, 1.165) is 11.1 Å². The molecule has 1 saturated heterocycles. The van der Waals surface area contributed by atoms with Crippen LogP contribution in [0.5, 0.6) is 0 Å². The molecule has 2 N–H and O–H groups in total. The van der Waals surface area contributed by atoms with Gasteiger partial charge in [-0.3, -0.25) is 4.79 Å². The third-order valence-corrected chi connectivity index (χ3v) is 6.88. The van der Waals surface area contributed by atoms with Crippen LogP contribution < -0.4 is 5.73 Å². The van der Waals surface area contributed by atoms with Crippen LogP contribution in [0.3, 0.4) is 0 Å². The molecular weight excluding hydrogens is 388 g/mol. The van der Waals surface area contributed by atoms with Gasteiger partial charge in [0.1, 0.15) is 6.54 Å². The number of fused-ring (bicyclic) bond motifs is 3. The van der Waals surface area contributed by atoms with E-state index in [-0.39, 0.29) is 41.3 Å². The first kappa shape index (κ1) is 19.4. The predicted molar refractivity (Wildman–Crippen MR) is 111 cm³/mol. The molecule has 0 saturated carbocycles. The first-order chi connectivity index (χ1) is 13.8. The van der Waals surface area contributed by atoms with Crippen LogP contribution >= 0.6 is 0 Å². The summed E-state index contributed by atoms with van der Waals surface area (Å²) >= 11 is 0. The number of nitrogens with zero attached hydrogens (tertiary/aromatic N) is 3. The number of hydrogen-bond donors (Lipinski definition) is 1. The molecule has 2 heterocycles. The van der Waals surface area contributed by atoms with Gasteiger partial charge in [0.25, 0.3) is 10.0 Å². The monoisotopic (exact) mass is 412 g/mol. The average Bonchev–Trinajstić information content (AvgIpc) is 2.70. The second kappa shape index (κ2) is 7.18. The minimum Gasteiger partial charge on any atom is -0.369 e. The Morgan fingerprint density at radius 2 is 1.76 bits per heavy atom. The molecule has 2 bridgehead atoms. The van der Waals surface area contributed by atoms with Gasteiger partial charge in [0.05, 0.1) is 10.9 Å². The van der Waals surface area contributed by atoms with Crippen molar-refractivity contribution < 1.29 is 13.2 Å². The molecule has 29 heavy (non-hydrogen) atoms. The van der Waals surface area contributed by atoms with Crippen molar-refractivity contribution in [2.24, 2.45) is 10.1 Å². The Balaban J connectivity index is 1.96. The Morgan fingerprint density at radius 1 is 1.07 bits per heavy atom. The summed E-state index contributed by atoms with van der Waals surface area (Å²) in [7, 11) is -3.96. The number of nitrogens with two attached hydrogens (primary N) is 1. The molecule has 2 aromatic rings. The molecule has 152 valence electrons. The first-order valence-electron chi connectivity index (χ1n) is 9.59. The Labute approximate surface area is 170 Å². The average molecular weight is 413 g/mol. The summed E-state index contributed by atoms with van der Waals surface area (Å²) < 4.78 is 29.4. The van der Waals surface area contributed by atoms with Gasteiger partial charge in [0, 0.05) is 18.5 Å². The molecule has 2 aromatic carbocycles. The number of sulfonamides is 1. The van der Waals surface area contributed by atoms with Gasteiger partial charge in [0.15, 0.2) is 0 Å². The van der Waals surface area contributed by atoms with Crippen molar-refractivity contribution in [2.45, 2.75) is 36.7 Å². The molecular formula is C21H24N4O3S. The predicted octanol–water partition coefficient (Wildman–Crippen LogP) is 1.76. The number of hydrogen-bond acceptors (Lipinski definition) is 5. The molecule has 7 nitrogen and oxygen atoms in total. The maximum atomic E-state index is 12.8. The number of guanidine groups is 1. The van der Waals surface area contributed by atoms with Crippen molar-refractivity contribution in [3.05, 3.63) is 65.7 Å². The van der Waals surface area contributed by atoms with Gasteiger partial charge in [-0.1, -0.05) is 42.5 Å². The van der Waals surface area contributed by atoms with Gasteiger partial charge in [-0.25, -0.2) is 0 Å². The highest BCUT2D eigenvalue weighted by molar-refractivity contribution is 7.90. The highest BCUT2D eigenvalue weighted by atomic mass is 32.2. The third kappa shape index (κ3) is 3.48. The number of carbonyl (C=O) groups excluding carboxylic acids is 1. The summed E-state index contributed by atoms with van der Waals surface area (Å²) in [6, 6.07) is 16.5. The normalized spacial score (nSPS) is 25.5. The van der Waals surface area contributed by atoms with E-state index >= 15 is 0 Å². The van der Waals surface area contributed by atoms with Gasteiger partial charge in [0.2, 0.25) is 11.9 Å². The Bertz CT molecular complexity index is 1070. The zero-order valence-corrected chi connectivity index (χ0v) is 17.2. The summed E-state index contributed by atoms with van der Waals surface area (Å²) in [5, 5.41) is 0. The molecule has 0 aliphatic carbocycles. The molecule has 2 atom stereocenters. The smallest absolute Gasteiger partial charge is 0.285 e. The largest absolute Gasteiger partial charge is 0.369 e. The molecule has 0 spiro atoms. The maximum absolute atomic E-state index is 12.8. The van der Waals surface area contributed by atoms with E-state index in [1.54, 1.807) is 17.0 Å². The van der Waals surface area contributed by atoms with Crippen molar-refractivity contribution in [3.8, 4) is 0 Å². The van der Waals surface area contributed by atoms with Crippen molar-refractivity contribution in [1.82, 2.24) is 9.80 Å². The van der Waals surface area contributed by atoms with Gasteiger partial charge in [-0.05, 0) is 37.1 Å². The highest BCUT2D eigenvalue weighted by Gasteiger charge is 2.41. The van der Waals surface area contributed by atoms with E-state index in [4.69, 9.17) is 5.73 Å². The van der Waals surface area contributed by atoms with Gasteiger partial charge in [-0.2, -0.15) is 8.42 Å². The molecule has 1 unspecified atom stereocenters. The van der Waals surface area contributed by atoms with Crippen molar-refractivity contribution in [3.63, 3.8) is 0 Å². The molecule has 4 rings (SSSR count). The summed E-state index contributed by atoms with van der Waals surface area (Å²) in [5.41, 5.74) is 8.05. The zero-order chi connectivity index (χ0) is 20.8. The number of benzene rings is 2. The quantitative estimate of drug-likeness (QED) is 0.811. The number of piperazine rings is 1. The fourth-order valence-electron chi connectivity index (χ4n) is 4.18. The van der Waals surface area contributed by atoms with Crippen LogP contribution in [-0.2, 0) is 14.8 Å². The second-order valence-electron chi connectivity index (χ2n) is 7.72. The summed E-state index contributed by atoms with van der Waals surface area (Å²) in [4.78, 5) is 16.3. The number of rotatable bonds is 2. The molecule has 1 fully saturated rings. The zero-order valence-electron chi connectivity index (χ0n) is 16.4. The van der Waals surface area contributed by atoms with E-state index in [0.29, 0.717) is 6.54 Å². The highest BCUT2D eigenvalue weighted by Crippen LogP contribution is 2.36. The number of amides is 1. The van der Waals surface area contributed by atoms with E-state index < -0.39 is 10.0 Å². The summed E-state index contributed by atoms with van der Waals surface area (Å²) in [5.74, 6) is -0.410. The SMILES string of the molecule is CC(C)N1C[C@@H]2C(c3ccccc3)c3cccc(c3)S(=O)(=O)/N=C(\N)N2CC1=O. The maximum Gasteiger partial charge on any atom is 0.285 e. The second-order valence-corrected chi connectivity index (χ2v) is 9.32. The van der Waals surface area contributed by atoms with Crippen molar-refractivity contribution in [2.75, 3.05) is 13.1 Å². The Kier molecular flexibility index (Phi) is 4.82. The fraction of sp³-hybridized carbons (Fsp3) is 0.333. The van der Waals surface area contributed by atoms with E-state index in [1.807, 2.05) is 55.1 Å². The van der Waals surface area contributed by atoms with Crippen LogP contribution in [0.25, 0.3) is 0 Å². The Morgan fingerprint density at radius 3 is 2.45 bits per heavy atom. The van der Waals surface area contributed by atoms with Gasteiger partial charge >= 0.3 is 0 Å². The molecule has 0 radical (unpaired) electrons. The number of carbonyl (C=O) groups is 1. The van der Waals surface area contributed by atoms with Crippen LogP contribution in [0.2, 0.25) is 0 Å². The lowest BCUT2D eigenvalue weighted by molar-refractivity contribution is -0.138. The molecule has 0 aromatic heterocycles. The first-order valence-corrected chi connectivity index (χ1v) is 11.0. The lowest BCUT2D eigenvalue weighted by atomic mass is 9.83. The lowest BCUT2D eigenvalue weighted by Gasteiger charge is -2.46. The topological polar surface area (TPSA) is 96.1 Å². The Hall–Kier alpha value is -2.87. The summed E-state index contributed by atoms with van der Waals surface area (Å²) in [6.07, 6.45) is 0. The molecule has 2 aliphatic heterocycles. The van der Waals surface area contributed by atoms with Crippen LogP contribution in [0, 0.1) is 0 Å².